The second-order valence-electron chi connectivity index (χ2n) is 7.88. The molecule has 0 bridgehead atoms. The Bertz CT molecular complexity index is 984. The summed E-state index contributed by atoms with van der Waals surface area (Å²) < 4.78 is 0. The van der Waals surface area contributed by atoms with E-state index in [1.54, 1.807) is 0 Å². The Labute approximate surface area is 182 Å². The zero-order chi connectivity index (χ0) is 21.5. The Morgan fingerprint density at radius 2 is 1.77 bits per heavy atom. The minimum absolute atomic E-state index is 0.0255. The molecule has 0 radical (unpaired) electrons. The first kappa shape index (κ1) is 22.0. The Morgan fingerprint density at radius 1 is 1.07 bits per heavy atom. The molecule has 0 saturated heterocycles. The van der Waals surface area contributed by atoms with Crippen LogP contribution in [0.2, 0.25) is 0 Å². The van der Waals surface area contributed by atoms with Gasteiger partial charge < -0.3 is 5.32 Å². The van der Waals surface area contributed by atoms with Crippen molar-refractivity contribution >= 4 is 40.5 Å². The third-order valence-corrected chi connectivity index (χ3v) is 6.15. The average molecular weight is 424 g/mol. The molecule has 4 nitrogen and oxygen atoms in total. The van der Waals surface area contributed by atoms with Crippen molar-refractivity contribution in [3.8, 4) is 0 Å². The van der Waals surface area contributed by atoms with Crippen molar-refractivity contribution in [3.63, 3.8) is 0 Å². The quantitative estimate of drug-likeness (QED) is 0.647. The van der Waals surface area contributed by atoms with Gasteiger partial charge in [-0.05, 0) is 60.4 Å². The number of aryl methyl sites for hydroxylation is 1. The number of carbonyl (C=O) groups excluding carboxylic acids is 3. The van der Waals surface area contributed by atoms with Crippen molar-refractivity contribution < 1.29 is 14.4 Å². The first-order chi connectivity index (χ1) is 14.6. The highest BCUT2D eigenvalue weighted by Crippen LogP contribution is 2.48. The molecule has 0 aliphatic heterocycles. The first-order valence-corrected chi connectivity index (χ1v) is 10.9. The Hall–Kier alpha value is -2.68. The standard InChI is InChI=1S/C24H26ClNO.CO2/c1-16-11-12-19-18(13-16)14-21(24(19)17-7-3-2-4-8-17)20-9-5-6-10-22(20)26-23(27)15-25;2-1-3/h5-6,9-13,17H,2-4,7-8,14-15H2,1H3,(H,26,27);. The molecule has 1 saturated carbocycles. The molecule has 1 fully saturated rings. The minimum atomic E-state index is -0.157. The van der Waals surface area contributed by atoms with Crippen molar-refractivity contribution in [1.82, 2.24) is 0 Å². The van der Waals surface area contributed by atoms with Crippen LogP contribution in [0.25, 0.3) is 11.1 Å². The molecule has 156 valence electrons. The van der Waals surface area contributed by atoms with Gasteiger partial charge in [0, 0.05) is 11.3 Å². The number of para-hydroxylation sites is 1. The van der Waals surface area contributed by atoms with Crippen LogP contribution in [0.5, 0.6) is 0 Å². The highest BCUT2D eigenvalue weighted by molar-refractivity contribution is 6.29. The fourth-order valence-corrected chi connectivity index (χ4v) is 4.78. The lowest BCUT2D eigenvalue weighted by atomic mass is 9.79. The molecule has 2 aliphatic carbocycles. The number of halogens is 1. The second kappa shape index (κ2) is 10.4. The summed E-state index contributed by atoms with van der Waals surface area (Å²) in [6.07, 6.45) is 7.70. The zero-order valence-corrected chi connectivity index (χ0v) is 17.9. The molecule has 0 spiro atoms. The largest absolute Gasteiger partial charge is 0.373 e. The van der Waals surface area contributed by atoms with E-state index in [-0.39, 0.29) is 17.9 Å². The van der Waals surface area contributed by atoms with Gasteiger partial charge in [-0.25, -0.2) is 0 Å². The molecule has 0 atom stereocenters. The van der Waals surface area contributed by atoms with Crippen LogP contribution >= 0.6 is 11.6 Å². The number of hydrogen-bond donors (Lipinski definition) is 1. The number of benzene rings is 2. The van der Waals surface area contributed by atoms with Gasteiger partial charge in [-0.2, -0.15) is 9.59 Å². The third-order valence-electron chi connectivity index (χ3n) is 5.90. The van der Waals surface area contributed by atoms with E-state index in [9.17, 15) is 4.79 Å². The molecule has 2 aliphatic rings. The predicted molar refractivity (Wildman–Crippen MR) is 119 cm³/mol. The maximum absolute atomic E-state index is 11.9. The van der Waals surface area contributed by atoms with E-state index in [1.165, 1.54) is 59.9 Å². The second-order valence-corrected chi connectivity index (χ2v) is 8.14. The molecule has 5 heteroatoms. The van der Waals surface area contributed by atoms with E-state index in [4.69, 9.17) is 21.2 Å². The first-order valence-electron chi connectivity index (χ1n) is 10.4. The van der Waals surface area contributed by atoms with Gasteiger partial charge in [-0.15, -0.1) is 11.6 Å². The number of anilines is 1. The van der Waals surface area contributed by atoms with E-state index < -0.39 is 0 Å². The molecule has 0 unspecified atom stereocenters. The molecule has 1 amide bonds. The van der Waals surface area contributed by atoms with E-state index in [2.05, 4.69) is 42.6 Å². The number of fused-ring (bicyclic) bond motifs is 1. The number of alkyl halides is 1. The van der Waals surface area contributed by atoms with E-state index in [1.807, 2.05) is 12.1 Å². The number of amides is 1. The molecule has 0 heterocycles. The molecule has 0 aromatic heterocycles. The van der Waals surface area contributed by atoms with Gasteiger partial charge in [-0.3, -0.25) is 4.79 Å². The van der Waals surface area contributed by atoms with Crippen LogP contribution in [-0.2, 0) is 20.8 Å². The fraction of sp³-hybridized carbons (Fsp3) is 0.360. The number of carbonyl (C=O) groups is 1. The van der Waals surface area contributed by atoms with Gasteiger partial charge in [0.25, 0.3) is 0 Å². The van der Waals surface area contributed by atoms with Crippen molar-refractivity contribution in [1.29, 1.82) is 0 Å². The van der Waals surface area contributed by atoms with Crippen LogP contribution < -0.4 is 5.32 Å². The Balaban J connectivity index is 0.000000806. The Kier molecular flexibility index (Phi) is 7.62. The Morgan fingerprint density at radius 3 is 2.47 bits per heavy atom. The number of hydrogen-bond acceptors (Lipinski definition) is 3. The molecule has 30 heavy (non-hydrogen) atoms. The molecular weight excluding hydrogens is 398 g/mol. The predicted octanol–water partition coefficient (Wildman–Crippen LogP) is 5.64. The fourth-order valence-electron chi connectivity index (χ4n) is 4.72. The van der Waals surface area contributed by atoms with Crippen LogP contribution in [0.15, 0.2) is 42.5 Å². The van der Waals surface area contributed by atoms with Crippen molar-refractivity contribution in [3.05, 3.63) is 64.7 Å². The summed E-state index contributed by atoms with van der Waals surface area (Å²) in [5, 5.41) is 2.99. The van der Waals surface area contributed by atoms with Crippen LogP contribution in [0.3, 0.4) is 0 Å². The summed E-state index contributed by atoms with van der Waals surface area (Å²) in [4.78, 5) is 28.2. The SMILES string of the molecule is Cc1ccc2c(c1)CC(c1ccccc1NC(=O)CCl)=C2C1CCCCC1.O=C=O. The van der Waals surface area contributed by atoms with Gasteiger partial charge in [0.05, 0.1) is 0 Å². The van der Waals surface area contributed by atoms with E-state index >= 15 is 0 Å². The van der Waals surface area contributed by atoms with Crippen LogP contribution in [0.4, 0.5) is 5.69 Å². The number of allylic oxidation sites excluding steroid dienone is 2. The summed E-state index contributed by atoms with van der Waals surface area (Å²) in [7, 11) is 0. The lowest BCUT2D eigenvalue weighted by Crippen LogP contribution is -2.14. The molecule has 4 rings (SSSR count). The number of nitrogens with one attached hydrogen (secondary N) is 1. The van der Waals surface area contributed by atoms with Crippen LogP contribution in [-0.4, -0.2) is 17.9 Å². The van der Waals surface area contributed by atoms with Gasteiger partial charge in [0.15, 0.2) is 0 Å². The van der Waals surface area contributed by atoms with Crippen LogP contribution in [0, 0.1) is 12.8 Å². The summed E-state index contributed by atoms with van der Waals surface area (Å²) in [6.45, 7) is 2.16. The maximum Gasteiger partial charge on any atom is 0.373 e. The topological polar surface area (TPSA) is 63.2 Å². The van der Waals surface area contributed by atoms with Gasteiger partial charge >= 0.3 is 6.15 Å². The van der Waals surface area contributed by atoms with Crippen molar-refractivity contribution in [2.45, 2.75) is 45.4 Å². The van der Waals surface area contributed by atoms with Gasteiger partial charge in [0.2, 0.25) is 5.91 Å². The third kappa shape index (κ3) is 4.89. The van der Waals surface area contributed by atoms with Gasteiger partial charge in [-0.1, -0.05) is 61.2 Å². The molecule has 2 aromatic rings. The average Bonchev–Trinajstić information content (AvgIpc) is 3.13. The van der Waals surface area contributed by atoms with Gasteiger partial charge in [0.1, 0.15) is 5.88 Å². The van der Waals surface area contributed by atoms with E-state index in [0.717, 1.165) is 17.7 Å². The minimum Gasteiger partial charge on any atom is -0.324 e. The summed E-state index contributed by atoms with van der Waals surface area (Å²) in [6, 6.07) is 15.0. The lowest BCUT2D eigenvalue weighted by molar-refractivity contribution is -0.191. The van der Waals surface area contributed by atoms with Crippen molar-refractivity contribution in [2.75, 3.05) is 11.2 Å². The van der Waals surface area contributed by atoms with E-state index in [0.29, 0.717) is 5.92 Å². The monoisotopic (exact) mass is 423 g/mol. The summed E-state index contributed by atoms with van der Waals surface area (Å²) in [5.74, 6) is 0.437. The highest BCUT2D eigenvalue weighted by Gasteiger charge is 2.30. The zero-order valence-electron chi connectivity index (χ0n) is 17.2. The number of rotatable bonds is 4. The lowest BCUT2D eigenvalue weighted by Gasteiger charge is -2.26. The normalized spacial score (nSPS) is 15.7. The molecule has 1 N–H and O–H groups in total. The highest BCUT2D eigenvalue weighted by atomic mass is 35.5. The summed E-state index contributed by atoms with van der Waals surface area (Å²) in [5.41, 5.74) is 9.05. The summed E-state index contributed by atoms with van der Waals surface area (Å²) >= 11 is 5.73. The smallest absolute Gasteiger partial charge is 0.324 e. The van der Waals surface area contributed by atoms with Crippen molar-refractivity contribution in [2.24, 2.45) is 5.92 Å². The van der Waals surface area contributed by atoms with Crippen LogP contribution in [0.1, 0.15) is 54.4 Å². The molecular formula is C25H26ClNO3. The maximum atomic E-state index is 11.9. The molecule has 2 aromatic carbocycles.